The zero-order valence-corrected chi connectivity index (χ0v) is 14.1. The molecule has 2 atom stereocenters. The second-order valence-electron chi connectivity index (χ2n) is 7.16. The Morgan fingerprint density at radius 2 is 2.04 bits per heavy atom. The van der Waals surface area contributed by atoms with Crippen LogP contribution in [0.25, 0.3) is 0 Å². The van der Waals surface area contributed by atoms with Gasteiger partial charge >= 0.3 is 0 Å². The van der Waals surface area contributed by atoms with Gasteiger partial charge in [-0.1, -0.05) is 6.42 Å². The Bertz CT molecular complexity index is 616. The van der Waals surface area contributed by atoms with Crippen LogP contribution in [0.4, 0.5) is 0 Å². The Morgan fingerprint density at radius 1 is 1.17 bits per heavy atom. The molecule has 4 rings (SSSR count). The molecule has 1 saturated carbocycles. The molecule has 3 aliphatic rings. The lowest BCUT2D eigenvalue weighted by Crippen LogP contribution is -2.54. The summed E-state index contributed by atoms with van der Waals surface area (Å²) < 4.78 is 7.58. The largest absolute Gasteiger partial charge is 0.377 e. The van der Waals surface area contributed by atoms with Crippen molar-refractivity contribution in [2.45, 2.75) is 57.5 Å². The summed E-state index contributed by atoms with van der Waals surface area (Å²) in [6.07, 6.45) is 6.83. The van der Waals surface area contributed by atoms with Gasteiger partial charge in [0.1, 0.15) is 5.78 Å². The molecule has 1 aliphatic carbocycles. The van der Waals surface area contributed by atoms with Gasteiger partial charge in [-0.15, -0.1) is 0 Å². The minimum Gasteiger partial charge on any atom is -0.377 e. The van der Waals surface area contributed by atoms with Gasteiger partial charge in [-0.05, 0) is 38.2 Å². The number of hydrogen-bond donors (Lipinski definition) is 0. The molecule has 0 aromatic carbocycles. The molecule has 1 aromatic heterocycles. The molecule has 0 spiro atoms. The number of fused-ring (bicyclic) bond motifs is 1. The number of rotatable bonds is 2. The second kappa shape index (κ2) is 6.67. The minimum absolute atomic E-state index is 0.0384. The first kappa shape index (κ1) is 15.8. The summed E-state index contributed by atoms with van der Waals surface area (Å²) in [7, 11) is 0. The maximum absolute atomic E-state index is 13.1. The summed E-state index contributed by atoms with van der Waals surface area (Å²) in [5, 5.41) is 4.52. The van der Waals surface area contributed by atoms with Gasteiger partial charge in [-0.25, -0.2) is 0 Å². The van der Waals surface area contributed by atoms with Crippen LogP contribution in [0, 0.1) is 5.92 Å². The number of amides is 1. The van der Waals surface area contributed by atoms with Gasteiger partial charge in [0.2, 0.25) is 0 Å². The van der Waals surface area contributed by atoms with Gasteiger partial charge in [0.25, 0.3) is 5.91 Å². The van der Waals surface area contributed by atoms with Crippen LogP contribution in [0.1, 0.15) is 54.7 Å². The zero-order valence-electron chi connectivity index (χ0n) is 14.1. The molecular formula is C18H25N3O3. The summed E-state index contributed by atoms with van der Waals surface area (Å²) >= 11 is 0. The zero-order chi connectivity index (χ0) is 16.5. The van der Waals surface area contributed by atoms with Crippen molar-refractivity contribution in [1.29, 1.82) is 0 Å². The van der Waals surface area contributed by atoms with Crippen molar-refractivity contribution in [2.75, 3.05) is 19.8 Å². The Kier molecular flexibility index (Phi) is 4.39. The van der Waals surface area contributed by atoms with Gasteiger partial charge in [0.15, 0.2) is 5.69 Å². The fraction of sp³-hybridized carbons (Fsp3) is 0.722. The van der Waals surface area contributed by atoms with E-state index < -0.39 is 0 Å². The van der Waals surface area contributed by atoms with E-state index in [9.17, 15) is 9.59 Å². The van der Waals surface area contributed by atoms with E-state index >= 15 is 0 Å². The first-order valence-electron chi connectivity index (χ1n) is 9.22. The Morgan fingerprint density at radius 3 is 2.88 bits per heavy atom. The van der Waals surface area contributed by atoms with Crippen LogP contribution in [0.3, 0.4) is 0 Å². The average Bonchev–Trinajstić information content (AvgIpc) is 3.06. The highest BCUT2D eigenvalue weighted by atomic mass is 16.5. The molecule has 6 nitrogen and oxygen atoms in total. The first-order valence-corrected chi connectivity index (χ1v) is 9.22. The van der Waals surface area contributed by atoms with Crippen LogP contribution >= 0.6 is 0 Å². The van der Waals surface area contributed by atoms with E-state index in [0.29, 0.717) is 37.7 Å². The Labute approximate surface area is 142 Å². The number of carbonyl (C=O) groups is 2. The number of carbonyl (C=O) groups excluding carboxylic acids is 2. The van der Waals surface area contributed by atoms with Crippen molar-refractivity contribution in [2.24, 2.45) is 5.92 Å². The predicted octanol–water partition coefficient (Wildman–Crippen LogP) is 1.82. The Hall–Kier alpha value is -1.69. The van der Waals surface area contributed by atoms with Crippen LogP contribution < -0.4 is 0 Å². The second-order valence-corrected chi connectivity index (χ2v) is 7.16. The maximum atomic E-state index is 13.1. The van der Waals surface area contributed by atoms with E-state index in [2.05, 4.69) is 5.10 Å². The SMILES string of the molecule is O=C1CCCCC1C1COCCN1C(=O)c1cc2n(n1)CCCC2. The van der Waals surface area contributed by atoms with Crippen LogP contribution in [0.5, 0.6) is 0 Å². The standard InChI is InChI=1S/C18H25N3O3/c22-17-7-2-1-6-14(17)16-12-24-10-9-20(16)18(23)15-11-13-5-3-4-8-21(13)19-15/h11,14,16H,1-10,12H2. The van der Waals surface area contributed by atoms with Gasteiger partial charge < -0.3 is 9.64 Å². The maximum Gasteiger partial charge on any atom is 0.274 e. The third kappa shape index (κ3) is 2.88. The average molecular weight is 331 g/mol. The van der Waals surface area contributed by atoms with E-state index in [1.165, 1.54) is 0 Å². The molecule has 130 valence electrons. The van der Waals surface area contributed by atoms with E-state index in [-0.39, 0.29) is 17.9 Å². The molecule has 1 aromatic rings. The number of ether oxygens (including phenoxy) is 1. The number of Topliss-reactive ketones (excluding diaryl/α,β-unsaturated/α-hetero) is 1. The van der Waals surface area contributed by atoms with E-state index in [4.69, 9.17) is 4.74 Å². The molecule has 1 amide bonds. The van der Waals surface area contributed by atoms with Crippen molar-refractivity contribution in [1.82, 2.24) is 14.7 Å². The van der Waals surface area contributed by atoms with E-state index in [1.54, 1.807) is 0 Å². The third-order valence-electron chi connectivity index (χ3n) is 5.63. The molecule has 2 aliphatic heterocycles. The topological polar surface area (TPSA) is 64.4 Å². The predicted molar refractivity (Wildman–Crippen MR) is 87.8 cm³/mol. The molecule has 2 fully saturated rings. The van der Waals surface area contributed by atoms with E-state index in [1.807, 2.05) is 15.6 Å². The van der Waals surface area contributed by atoms with Crippen molar-refractivity contribution in [3.05, 3.63) is 17.5 Å². The van der Waals surface area contributed by atoms with Crippen molar-refractivity contribution < 1.29 is 14.3 Å². The number of nitrogens with zero attached hydrogens (tertiary/aromatic N) is 3. The highest BCUT2D eigenvalue weighted by molar-refractivity contribution is 5.93. The van der Waals surface area contributed by atoms with Crippen molar-refractivity contribution in [3.63, 3.8) is 0 Å². The van der Waals surface area contributed by atoms with Gasteiger partial charge in [-0.2, -0.15) is 5.10 Å². The fourth-order valence-corrected chi connectivity index (χ4v) is 4.29. The van der Waals surface area contributed by atoms with Crippen LogP contribution in [-0.2, 0) is 22.5 Å². The smallest absolute Gasteiger partial charge is 0.274 e. The van der Waals surface area contributed by atoms with Crippen molar-refractivity contribution >= 4 is 11.7 Å². The van der Waals surface area contributed by atoms with Crippen LogP contribution in [0.2, 0.25) is 0 Å². The molecule has 6 heteroatoms. The number of aryl methyl sites for hydroxylation is 2. The molecule has 0 N–H and O–H groups in total. The molecule has 2 unspecified atom stereocenters. The normalized spacial score (nSPS) is 27.8. The number of ketones is 1. The summed E-state index contributed by atoms with van der Waals surface area (Å²) in [6.45, 7) is 2.46. The number of aromatic nitrogens is 2. The number of hydrogen-bond acceptors (Lipinski definition) is 4. The van der Waals surface area contributed by atoms with Gasteiger partial charge in [0.05, 0.1) is 19.3 Å². The van der Waals surface area contributed by atoms with Gasteiger partial charge in [-0.3, -0.25) is 14.3 Å². The molecule has 24 heavy (non-hydrogen) atoms. The first-order chi connectivity index (χ1) is 11.7. The summed E-state index contributed by atoms with van der Waals surface area (Å²) in [5.74, 6) is 0.183. The van der Waals surface area contributed by atoms with E-state index in [0.717, 1.165) is 50.8 Å². The van der Waals surface area contributed by atoms with Crippen LogP contribution in [0.15, 0.2) is 6.07 Å². The molecular weight excluding hydrogens is 306 g/mol. The number of morpholine rings is 1. The minimum atomic E-state index is -0.127. The molecule has 0 bridgehead atoms. The molecule has 0 radical (unpaired) electrons. The summed E-state index contributed by atoms with van der Waals surface area (Å²) in [5.41, 5.74) is 1.69. The lowest BCUT2D eigenvalue weighted by Gasteiger charge is -2.40. The molecule has 3 heterocycles. The monoisotopic (exact) mass is 331 g/mol. The summed E-state index contributed by atoms with van der Waals surface area (Å²) in [4.78, 5) is 27.3. The van der Waals surface area contributed by atoms with Crippen LogP contribution in [-0.4, -0.2) is 52.2 Å². The third-order valence-corrected chi connectivity index (χ3v) is 5.63. The summed E-state index contributed by atoms with van der Waals surface area (Å²) in [6, 6.07) is 1.81. The Balaban J connectivity index is 1.56. The lowest BCUT2D eigenvalue weighted by atomic mass is 9.82. The fourth-order valence-electron chi connectivity index (χ4n) is 4.29. The van der Waals surface area contributed by atoms with Gasteiger partial charge in [0, 0.05) is 31.1 Å². The highest BCUT2D eigenvalue weighted by Gasteiger charge is 2.39. The highest BCUT2D eigenvalue weighted by Crippen LogP contribution is 2.29. The molecule has 1 saturated heterocycles. The lowest BCUT2D eigenvalue weighted by molar-refractivity contribution is -0.129. The quantitative estimate of drug-likeness (QED) is 0.829. The van der Waals surface area contributed by atoms with Crippen molar-refractivity contribution in [3.8, 4) is 0 Å².